The van der Waals surface area contributed by atoms with Crippen LogP contribution in [0.2, 0.25) is 0 Å². The maximum atomic E-state index is 11.2. The van der Waals surface area contributed by atoms with E-state index in [-0.39, 0.29) is 5.91 Å². The van der Waals surface area contributed by atoms with Gasteiger partial charge >= 0.3 is 0 Å². The van der Waals surface area contributed by atoms with Gasteiger partial charge in [-0.05, 0) is 19.1 Å². The number of primary amides is 1. The summed E-state index contributed by atoms with van der Waals surface area (Å²) in [5.41, 5.74) is 4.79. The highest BCUT2D eigenvalue weighted by molar-refractivity contribution is 5.82. The van der Waals surface area contributed by atoms with Crippen LogP contribution in [0.25, 0.3) is 0 Å². The van der Waals surface area contributed by atoms with E-state index in [4.69, 9.17) is 14.9 Å². The van der Waals surface area contributed by atoms with Crippen LogP contribution in [0.15, 0.2) is 16.5 Å². The van der Waals surface area contributed by atoms with Gasteiger partial charge in [0.1, 0.15) is 16.9 Å². The number of furan rings is 1. The quantitative estimate of drug-likeness (QED) is 0.769. The smallest absolute Gasteiger partial charge is 0.228 e. The topological polar surface area (TPSA) is 65.5 Å². The minimum atomic E-state index is -0.537. The van der Waals surface area contributed by atoms with Crippen molar-refractivity contribution < 1.29 is 13.9 Å². The molecule has 4 nitrogen and oxygen atoms in total. The van der Waals surface area contributed by atoms with Crippen molar-refractivity contribution in [1.82, 2.24) is 0 Å². The molecule has 1 aliphatic rings. The molecule has 0 atom stereocenters. The van der Waals surface area contributed by atoms with E-state index in [2.05, 4.69) is 0 Å². The fraction of sp³-hybridized carbons (Fsp3) is 0.500. The Balaban J connectivity index is 2.12. The number of rotatable bonds is 3. The molecule has 1 aromatic heterocycles. The summed E-state index contributed by atoms with van der Waals surface area (Å²) < 4.78 is 10.4. The molecule has 14 heavy (non-hydrogen) atoms. The van der Waals surface area contributed by atoms with Gasteiger partial charge in [-0.15, -0.1) is 0 Å². The lowest BCUT2D eigenvalue weighted by Gasteiger charge is -2.37. The number of aryl methyl sites for hydroxylation is 1. The highest BCUT2D eigenvalue weighted by Crippen LogP contribution is 2.31. The van der Waals surface area contributed by atoms with E-state index in [9.17, 15) is 4.79 Å². The van der Waals surface area contributed by atoms with Crippen molar-refractivity contribution in [3.63, 3.8) is 0 Å². The molecule has 2 heterocycles. The Hall–Kier alpha value is -1.29. The highest BCUT2D eigenvalue weighted by atomic mass is 16.5. The Morgan fingerprint density at radius 2 is 2.29 bits per heavy atom. The molecule has 1 saturated heterocycles. The molecule has 0 bridgehead atoms. The summed E-state index contributed by atoms with van der Waals surface area (Å²) in [4.78, 5) is 11.2. The molecule has 1 aromatic rings. The first kappa shape index (κ1) is 9.27. The maximum absolute atomic E-state index is 11.2. The molecule has 4 heteroatoms. The first-order valence-electron chi connectivity index (χ1n) is 4.55. The van der Waals surface area contributed by atoms with Crippen LogP contribution < -0.4 is 5.73 Å². The predicted octanol–water partition coefficient (Wildman–Crippen LogP) is 0.632. The Kier molecular flexibility index (Phi) is 2.07. The number of hydrogen-bond acceptors (Lipinski definition) is 3. The molecule has 1 amide bonds. The van der Waals surface area contributed by atoms with Crippen LogP contribution in [-0.2, 0) is 16.0 Å². The maximum Gasteiger partial charge on any atom is 0.228 e. The first-order chi connectivity index (χ1) is 6.62. The fourth-order valence-electron chi connectivity index (χ4n) is 1.59. The third-order valence-corrected chi connectivity index (χ3v) is 2.59. The zero-order valence-electron chi connectivity index (χ0n) is 8.08. The van der Waals surface area contributed by atoms with E-state index in [1.165, 1.54) is 0 Å². The van der Waals surface area contributed by atoms with Gasteiger partial charge in [0.2, 0.25) is 5.91 Å². The largest absolute Gasteiger partial charge is 0.466 e. The van der Waals surface area contributed by atoms with Gasteiger partial charge < -0.3 is 14.9 Å². The van der Waals surface area contributed by atoms with Crippen molar-refractivity contribution in [3.8, 4) is 0 Å². The summed E-state index contributed by atoms with van der Waals surface area (Å²) in [6, 6.07) is 3.75. The predicted molar refractivity (Wildman–Crippen MR) is 49.6 cm³/mol. The summed E-state index contributed by atoms with van der Waals surface area (Å²) in [6.45, 7) is 2.68. The van der Waals surface area contributed by atoms with Crippen LogP contribution >= 0.6 is 0 Å². The molecule has 0 spiro atoms. The fourth-order valence-corrected chi connectivity index (χ4v) is 1.59. The second kappa shape index (κ2) is 3.13. The Bertz CT molecular complexity index is 352. The number of carbonyl (C=O) groups is 1. The summed E-state index contributed by atoms with van der Waals surface area (Å²) >= 11 is 0. The molecule has 1 aliphatic heterocycles. The summed E-state index contributed by atoms with van der Waals surface area (Å²) in [5, 5.41) is 0. The minimum absolute atomic E-state index is 0.308. The van der Waals surface area contributed by atoms with Gasteiger partial charge in [0.25, 0.3) is 0 Å². The third-order valence-electron chi connectivity index (χ3n) is 2.59. The van der Waals surface area contributed by atoms with Crippen LogP contribution in [0.5, 0.6) is 0 Å². The zero-order valence-corrected chi connectivity index (χ0v) is 8.08. The van der Waals surface area contributed by atoms with Gasteiger partial charge in [-0.2, -0.15) is 0 Å². The highest BCUT2D eigenvalue weighted by Gasteiger charge is 2.45. The minimum Gasteiger partial charge on any atom is -0.466 e. The number of nitrogens with two attached hydrogens (primary N) is 1. The zero-order chi connectivity index (χ0) is 10.2. The van der Waals surface area contributed by atoms with Crippen LogP contribution in [0.3, 0.4) is 0 Å². The first-order valence-corrected chi connectivity index (χ1v) is 4.55. The van der Waals surface area contributed by atoms with Crippen molar-refractivity contribution in [2.75, 3.05) is 13.2 Å². The number of hydrogen-bond donors (Lipinski definition) is 1. The van der Waals surface area contributed by atoms with Crippen molar-refractivity contribution in [2.45, 2.75) is 13.3 Å². The lowest BCUT2D eigenvalue weighted by Crippen LogP contribution is -2.53. The molecule has 76 valence electrons. The molecule has 0 saturated carbocycles. The van der Waals surface area contributed by atoms with E-state index in [0.717, 1.165) is 11.5 Å². The second-order valence-electron chi connectivity index (χ2n) is 3.83. The summed E-state index contributed by atoms with van der Waals surface area (Å²) in [5.74, 6) is 1.34. The summed E-state index contributed by atoms with van der Waals surface area (Å²) in [6.07, 6.45) is 0.538. The Morgan fingerprint density at radius 3 is 2.64 bits per heavy atom. The van der Waals surface area contributed by atoms with Gasteiger partial charge in [0.15, 0.2) is 0 Å². The molecule has 0 aliphatic carbocycles. The SMILES string of the molecule is Cc1ccc(CC2(C(N)=O)COC2)o1. The average molecular weight is 195 g/mol. The van der Waals surface area contributed by atoms with E-state index < -0.39 is 5.41 Å². The molecule has 0 aromatic carbocycles. The molecule has 2 rings (SSSR count). The number of ether oxygens (including phenoxy) is 1. The lowest BCUT2D eigenvalue weighted by molar-refractivity contribution is -0.158. The lowest BCUT2D eigenvalue weighted by atomic mass is 9.81. The van der Waals surface area contributed by atoms with E-state index >= 15 is 0 Å². The molecular formula is C10H13NO3. The van der Waals surface area contributed by atoms with Gasteiger partial charge in [-0.25, -0.2) is 0 Å². The Labute approximate surface area is 82.0 Å². The van der Waals surface area contributed by atoms with Crippen molar-refractivity contribution in [3.05, 3.63) is 23.7 Å². The molecule has 2 N–H and O–H groups in total. The van der Waals surface area contributed by atoms with Gasteiger partial charge in [0.05, 0.1) is 13.2 Å². The number of amides is 1. The van der Waals surface area contributed by atoms with Crippen LogP contribution in [0, 0.1) is 12.3 Å². The van der Waals surface area contributed by atoms with Gasteiger partial charge in [-0.3, -0.25) is 4.79 Å². The monoisotopic (exact) mass is 195 g/mol. The van der Waals surface area contributed by atoms with Gasteiger partial charge in [-0.1, -0.05) is 0 Å². The van der Waals surface area contributed by atoms with E-state index in [0.29, 0.717) is 19.6 Å². The molecule has 0 radical (unpaired) electrons. The van der Waals surface area contributed by atoms with E-state index in [1.54, 1.807) is 0 Å². The van der Waals surface area contributed by atoms with Crippen LogP contribution in [-0.4, -0.2) is 19.1 Å². The molecule has 1 fully saturated rings. The van der Waals surface area contributed by atoms with E-state index in [1.807, 2.05) is 19.1 Å². The van der Waals surface area contributed by atoms with Crippen molar-refractivity contribution in [2.24, 2.45) is 11.1 Å². The molecular weight excluding hydrogens is 182 g/mol. The second-order valence-corrected chi connectivity index (χ2v) is 3.83. The third kappa shape index (κ3) is 1.42. The van der Waals surface area contributed by atoms with Gasteiger partial charge in [0, 0.05) is 6.42 Å². The van der Waals surface area contributed by atoms with Crippen LogP contribution in [0.4, 0.5) is 0 Å². The standard InChI is InChI=1S/C10H13NO3/c1-7-2-3-8(14-7)4-10(9(11)12)5-13-6-10/h2-3H,4-6H2,1H3,(H2,11,12). The number of carbonyl (C=O) groups excluding carboxylic acids is 1. The Morgan fingerprint density at radius 1 is 1.57 bits per heavy atom. The van der Waals surface area contributed by atoms with Crippen LogP contribution in [0.1, 0.15) is 11.5 Å². The van der Waals surface area contributed by atoms with Crippen molar-refractivity contribution in [1.29, 1.82) is 0 Å². The molecule has 0 unspecified atom stereocenters. The summed E-state index contributed by atoms with van der Waals surface area (Å²) in [7, 11) is 0. The normalized spacial score (nSPS) is 18.9. The van der Waals surface area contributed by atoms with Crippen molar-refractivity contribution >= 4 is 5.91 Å². The average Bonchev–Trinajstić information content (AvgIpc) is 2.43.